The third-order valence-corrected chi connectivity index (χ3v) is 2.99. The molecule has 3 nitrogen and oxygen atoms in total. The monoisotopic (exact) mass is 251 g/mol. The fourth-order valence-electron chi connectivity index (χ4n) is 1.52. The largest absolute Gasteiger partial charge is 0.388 e. The summed E-state index contributed by atoms with van der Waals surface area (Å²) in [7, 11) is 0. The van der Waals surface area contributed by atoms with Gasteiger partial charge in [0, 0.05) is 13.2 Å². The first-order valence-electron chi connectivity index (χ1n) is 6.69. The Balaban J connectivity index is 1.96. The third kappa shape index (κ3) is 6.74. The van der Waals surface area contributed by atoms with Crippen LogP contribution >= 0.6 is 0 Å². The molecule has 0 amide bonds. The fraction of sp³-hybridized carbons (Fsp3) is 0.600. The van der Waals surface area contributed by atoms with E-state index >= 15 is 0 Å². The summed E-state index contributed by atoms with van der Waals surface area (Å²) in [6.45, 7) is 6.71. The van der Waals surface area contributed by atoms with Crippen LogP contribution in [0.3, 0.4) is 0 Å². The van der Waals surface area contributed by atoms with Crippen molar-refractivity contribution in [3.05, 3.63) is 35.9 Å². The van der Waals surface area contributed by atoms with Crippen molar-refractivity contribution in [2.24, 2.45) is 0 Å². The number of aliphatic hydroxyl groups is 1. The molecule has 18 heavy (non-hydrogen) atoms. The summed E-state index contributed by atoms with van der Waals surface area (Å²) in [6.07, 6.45) is 1.69. The molecule has 1 atom stereocenters. The molecule has 0 aliphatic heterocycles. The Labute approximate surface area is 110 Å². The van der Waals surface area contributed by atoms with Crippen LogP contribution in [0.25, 0.3) is 0 Å². The molecule has 2 N–H and O–H groups in total. The van der Waals surface area contributed by atoms with Crippen LogP contribution < -0.4 is 5.32 Å². The molecule has 0 aromatic heterocycles. The van der Waals surface area contributed by atoms with E-state index in [4.69, 9.17) is 4.74 Å². The first-order chi connectivity index (χ1) is 8.64. The van der Waals surface area contributed by atoms with Crippen LogP contribution in [0, 0.1) is 0 Å². The van der Waals surface area contributed by atoms with Crippen LogP contribution in [-0.2, 0) is 11.3 Å². The summed E-state index contributed by atoms with van der Waals surface area (Å²) in [5.74, 6) is 0. The maximum Gasteiger partial charge on any atom is 0.0849 e. The summed E-state index contributed by atoms with van der Waals surface area (Å²) < 4.78 is 5.45. The minimum Gasteiger partial charge on any atom is -0.388 e. The fourth-order valence-corrected chi connectivity index (χ4v) is 1.52. The predicted molar refractivity (Wildman–Crippen MR) is 74.5 cm³/mol. The second-order valence-electron chi connectivity index (χ2n) is 4.92. The van der Waals surface area contributed by atoms with Gasteiger partial charge in [0.2, 0.25) is 0 Å². The Morgan fingerprint density at radius 3 is 2.67 bits per heavy atom. The zero-order chi connectivity index (χ0) is 13.3. The molecule has 0 spiro atoms. The van der Waals surface area contributed by atoms with Gasteiger partial charge in [-0.05, 0) is 31.9 Å². The highest BCUT2D eigenvalue weighted by molar-refractivity contribution is 5.14. The molecule has 0 saturated carbocycles. The molecule has 102 valence electrons. The van der Waals surface area contributed by atoms with Crippen LogP contribution in [0.1, 0.15) is 32.3 Å². The quantitative estimate of drug-likeness (QED) is 0.662. The molecule has 1 unspecified atom stereocenters. The molecule has 0 aliphatic carbocycles. The van der Waals surface area contributed by atoms with Gasteiger partial charge in [-0.3, -0.25) is 0 Å². The van der Waals surface area contributed by atoms with E-state index in [0.717, 1.165) is 25.9 Å². The second-order valence-corrected chi connectivity index (χ2v) is 4.92. The molecule has 3 heteroatoms. The lowest BCUT2D eigenvalue weighted by Crippen LogP contribution is -2.30. The third-order valence-electron chi connectivity index (χ3n) is 2.99. The van der Waals surface area contributed by atoms with E-state index in [1.54, 1.807) is 6.92 Å². The molecule has 0 heterocycles. The van der Waals surface area contributed by atoms with Crippen molar-refractivity contribution in [2.45, 2.75) is 38.8 Å². The zero-order valence-electron chi connectivity index (χ0n) is 11.5. The van der Waals surface area contributed by atoms with Gasteiger partial charge in [0.05, 0.1) is 12.2 Å². The summed E-state index contributed by atoms with van der Waals surface area (Å²) in [4.78, 5) is 0. The highest BCUT2D eigenvalue weighted by Crippen LogP contribution is 2.08. The lowest BCUT2D eigenvalue weighted by Gasteiger charge is -2.20. The van der Waals surface area contributed by atoms with Crippen molar-refractivity contribution in [3.8, 4) is 0 Å². The molecule has 1 rings (SSSR count). The van der Waals surface area contributed by atoms with Crippen molar-refractivity contribution in [1.82, 2.24) is 5.32 Å². The zero-order valence-corrected chi connectivity index (χ0v) is 11.5. The number of nitrogens with one attached hydrogen (secondary N) is 1. The number of hydrogen-bond donors (Lipinski definition) is 2. The van der Waals surface area contributed by atoms with Crippen LogP contribution in [0.5, 0.6) is 0 Å². The lowest BCUT2D eigenvalue weighted by molar-refractivity contribution is -0.0360. The number of benzene rings is 1. The summed E-state index contributed by atoms with van der Waals surface area (Å²) >= 11 is 0. The first-order valence-corrected chi connectivity index (χ1v) is 6.69. The Hall–Kier alpha value is -0.900. The van der Waals surface area contributed by atoms with Crippen molar-refractivity contribution in [2.75, 3.05) is 19.8 Å². The Morgan fingerprint density at radius 1 is 1.28 bits per heavy atom. The predicted octanol–water partition coefficient (Wildman–Crippen LogP) is 2.34. The van der Waals surface area contributed by atoms with Crippen LogP contribution in [0.2, 0.25) is 0 Å². The molecule has 0 bridgehead atoms. The molecule has 0 radical (unpaired) electrons. The van der Waals surface area contributed by atoms with Crippen molar-refractivity contribution in [1.29, 1.82) is 0 Å². The summed E-state index contributed by atoms with van der Waals surface area (Å²) in [5.41, 5.74) is 0.615. The van der Waals surface area contributed by atoms with E-state index in [-0.39, 0.29) is 0 Å². The molecule has 1 aromatic carbocycles. The van der Waals surface area contributed by atoms with Gasteiger partial charge in [0.1, 0.15) is 0 Å². The Morgan fingerprint density at radius 2 is 2.00 bits per heavy atom. The van der Waals surface area contributed by atoms with E-state index in [0.29, 0.717) is 13.2 Å². The maximum atomic E-state index is 9.73. The topological polar surface area (TPSA) is 41.5 Å². The van der Waals surface area contributed by atoms with Crippen molar-refractivity contribution >= 4 is 0 Å². The number of ether oxygens (including phenoxy) is 1. The molecular formula is C15H25NO2. The normalized spacial score (nSPS) is 14.4. The standard InChI is InChI=1S/C15H25NO2/c1-3-15(2,17)13-18-11-7-10-16-12-14-8-5-4-6-9-14/h4-6,8-9,16-17H,3,7,10-13H2,1-2H3. The van der Waals surface area contributed by atoms with Crippen molar-refractivity contribution < 1.29 is 9.84 Å². The molecule has 0 saturated heterocycles. The van der Waals surface area contributed by atoms with Crippen molar-refractivity contribution in [3.63, 3.8) is 0 Å². The average molecular weight is 251 g/mol. The molecule has 0 aliphatic rings. The molecule has 0 fully saturated rings. The Kier molecular flexibility index (Phi) is 6.94. The van der Waals surface area contributed by atoms with E-state index in [1.807, 2.05) is 25.1 Å². The minimum atomic E-state index is -0.683. The van der Waals surface area contributed by atoms with Gasteiger partial charge in [-0.2, -0.15) is 0 Å². The highest BCUT2D eigenvalue weighted by Gasteiger charge is 2.16. The van der Waals surface area contributed by atoms with E-state index in [2.05, 4.69) is 17.4 Å². The highest BCUT2D eigenvalue weighted by atomic mass is 16.5. The lowest BCUT2D eigenvalue weighted by atomic mass is 10.1. The van der Waals surface area contributed by atoms with Gasteiger partial charge >= 0.3 is 0 Å². The van der Waals surface area contributed by atoms with Crippen LogP contribution in [0.15, 0.2) is 30.3 Å². The Bertz CT molecular complexity index is 312. The number of rotatable bonds is 9. The minimum absolute atomic E-state index is 0.419. The first kappa shape index (κ1) is 15.2. The number of hydrogen-bond acceptors (Lipinski definition) is 3. The maximum absolute atomic E-state index is 9.73. The SMILES string of the molecule is CCC(C)(O)COCCCNCc1ccccc1. The summed E-state index contributed by atoms with van der Waals surface area (Å²) in [5, 5.41) is 13.1. The summed E-state index contributed by atoms with van der Waals surface area (Å²) in [6, 6.07) is 10.3. The van der Waals surface area contributed by atoms with Gasteiger partial charge in [0.25, 0.3) is 0 Å². The van der Waals surface area contributed by atoms with Crippen LogP contribution in [-0.4, -0.2) is 30.5 Å². The van der Waals surface area contributed by atoms with Gasteiger partial charge < -0.3 is 15.2 Å². The van der Waals surface area contributed by atoms with E-state index in [9.17, 15) is 5.11 Å². The van der Waals surface area contributed by atoms with Gasteiger partial charge in [-0.25, -0.2) is 0 Å². The van der Waals surface area contributed by atoms with E-state index in [1.165, 1.54) is 5.56 Å². The molecule has 1 aromatic rings. The van der Waals surface area contributed by atoms with Gasteiger partial charge in [0.15, 0.2) is 0 Å². The van der Waals surface area contributed by atoms with E-state index < -0.39 is 5.60 Å². The van der Waals surface area contributed by atoms with Gasteiger partial charge in [-0.15, -0.1) is 0 Å². The van der Waals surface area contributed by atoms with Gasteiger partial charge in [-0.1, -0.05) is 37.3 Å². The molecular weight excluding hydrogens is 226 g/mol. The average Bonchev–Trinajstić information content (AvgIpc) is 2.39. The second kappa shape index (κ2) is 8.25. The van der Waals surface area contributed by atoms with Crippen LogP contribution in [0.4, 0.5) is 0 Å². The smallest absolute Gasteiger partial charge is 0.0849 e.